The molecule has 0 spiro atoms. The Bertz CT molecular complexity index is 686. The number of anilines is 1. The van der Waals surface area contributed by atoms with Gasteiger partial charge in [-0.1, -0.05) is 12.1 Å². The molecule has 6 heteroatoms. The quantitative estimate of drug-likeness (QED) is 0.842. The van der Waals surface area contributed by atoms with Gasteiger partial charge in [0.15, 0.2) is 5.11 Å². The van der Waals surface area contributed by atoms with Crippen LogP contribution in [-0.2, 0) is 4.74 Å². The van der Waals surface area contributed by atoms with Crippen molar-refractivity contribution >= 4 is 23.0 Å². The zero-order valence-corrected chi connectivity index (χ0v) is 13.9. The molecule has 1 aliphatic rings. The van der Waals surface area contributed by atoms with Gasteiger partial charge in [0, 0.05) is 30.6 Å². The number of thiocarbonyl (C=S) groups is 1. The van der Waals surface area contributed by atoms with E-state index in [1.165, 1.54) is 0 Å². The van der Waals surface area contributed by atoms with Gasteiger partial charge in [0.2, 0.25) is 0 Å². The summed E-state index contributed by atoms with van der Waals surface area (Å²) in [7, 11) is 0. The molecule has 0 amide bonds. The summed E-state index contributed by atoms with van der Waals surface area (Å²) in [5, 5.41) is 7.03. The molecule has 2 aromatic rings. The molecule has 3 rings (SSSR count). The second-order valence-corrected chi connectivity index (χ2v) is 5.95. The van der Waals surface area contributed by atoms with Gasteiger partial charge in [0.05, 0.1) is 11.8 Å². The van der Waals surface area contributed by atoms with E-state index in [4.69, 9.17) is 17.0 Å². The van der Waals surface area contributed by atoms with Gasteiger partial charge >= 0.3 is 0 Å². The van der Waals surface area contributed by atoms with Crippen LogP contribution in [0.5, 0.6) is 0 Å². The molecule has 1 aromatic heterocycles. The van der Waals surface area contributed by atoms with Gasteiger partial charge < -0.3 is 15.4 Å². The third-order valence-electron chi connectivity index (χ3n) is 3.71. The van der Waals surface area contributed by atoms with Crippen molar-refractivity contribution in [1.82, 2.24) is 15.3 Å². The summed E-state index contributed by atoms with van der Waals surface area (Å²) in [5.41, 5.74) is 2.87. The van der Waals surface area contributed by atoms with E-state index in [0.29, 0.717) is 5.11 Å². The molecule has 0 saturated carbocycles. The van der Waals surface area contributed by atoms with E-state index in [1.807, 2.05) is 37.3 Å². The van der Waals surface area contributed by atoms with Crippen LogP contribution in [0.2, 0.25) is 0 Å². The highest BCUT2D eigenvalue weighted by Crippen LogP contribution is 2.20. The van der Waals surface area contributed by atoms with E-state index in [1.54, 1.807) is 6.20 Å². The van der Waals surface area contributed by atoms with Gasteiger partial charge in [-0.2, -0.15) is 0 Å². The van der Waals surface area contributed by atoms with Crippen LogP contribution in [0.15, 0.2) is 36.5 Å². The van der Waals surface area contributed by atoms with Crippen molar-refractivity contribution in [1.29, 1.82) is 0 Å². The molecule has 120 valence electrons. The minimum atomic E-state index is 0.269. The van der Waals surface area contributed by atoms with E-state index in [2.05, 4.69) is 20.6 Å². The molecule has 23 heavy (non-hydrogen) atoms. The predicted molar refractivity (Wildman–Crippen MR) is 95.4 cm³/mol. The smallest absolute Gasteiger partial charge is 0.170 e. The molecule has 1 aliphatic heterocycles. The van der Waals surface area contributed by atoms with E-state index in [-0.39, 0.29) is 6.10 Å². The van der Waals surface area contributed by atoms with Crippen molar-refractivity contribution in [3.8, 4) is 11.3 Å². The highest BCUT2D eigenvalue weighted by Gasteiger charge is 2.15. The van der Waals surface area contributed by atoms with Crippen molar-refractivity contribution in [2.75, 3.05) is 18.5 Å². The van der Waals surface area contributed by atoms with E-state index in [9.17, 15) is 0 Å². The molecule has 1 saturated heterocycles. The molecule has 2 heterocycles. The number of hydrogen-bond donors (Lipinski definition) is 2. The largest absolute Gasteiger partial charge is 0.376 e. The third-order valence-corrected chi connectivity index (χ3v) is 3.95. The Kier molecular flexibility index (Phi) is 5.15. The molecule has 1 fully saturated rings. The molecular formula is C17H20N4OS. The molecule has 1 aromatic carbocycles. The maximum atomic E-state index is 5.58. The van der Waals surface area contributed by atoms with Crippen molar-refractivity contribution < 1.29 is 4.74 Å². The minimum Gasteiger partial charge on any atom is -0.376 e. The second kappa shape index (κ2) is 7.48. The molecule has 1 atom stereocenters. The van der Waals surface area contributed by atoms with Crippen LogP contribution in [0, 0.1) is 6.92 Å². The molecule has 0 radical (unpaired) electrons. The lowest BCUT2D eigenvalue weighted by atomic mass is 10.1. The highest BCUT2D eigenvalue weighted by molar-refractivity contribution is 7.80. The van der Waals surface area contributed by atoms with Gasteiger partial charge in [-0.25, -0.2) is 9.97 Å². The molecule has 2 N–H and O–H groups in total. The monoisotopic (exact) mass is 328 g/mol. The Balaban J connectivity index is 1.61. The first-order chi connectivity index (χ1) is 11.2. The van der Waals surface area contributed by atoms with Crippen LogP contribution >= 0.6 is 12.2 Å². The van der Waals surface area contributed by atoms with Crippen molar-refractivity contribution in [3.63, 3.8) is 0 Å². The van der Waals surface area contributed by atoms with Crippen LogP contribution in [0.25, 0.3) is 11.3 Å². The maximum Gasteiger partial charge on any atom is 0.170 e. The molecule has 0 aliphatic carbocycles. The zero-order valence-electron chi connectivity index (χ0n) is 13.1. The third kappa shape index (κ3) is 4.46. The number of rotatable bonds is 4. The summed E-state index contributed by atoms with van der Waals surface area (Å²) in [4.78, 5) is 8.58. The van der Waals surface area contributed by atoms with Gasteiger partial charge in [-0.15, -0.1) is 0 Å². The normalized spacial score (nSPS) is 17.0. The molecule has 0 bridgehead atoms. The van der Waals surface area contributed by atoms with Crippen molar-refractivity contribution in [3.05, 3.63) is 42.4 Å². The number of aromatic nitrogens is 2. The minimum absolute atomic E-state index is 0.269. The van der Waals surface area contributed by atoms with Crippen molar-refractivity contribution in [2.24, 2.45) is 0 Å². The summed E-state index contributed by atoms with van der Waals surface area (Å²) in [6.07, 6.45) is 4.27. The number of aryl methyl sites for hydroxylation is 1. The number of benzene rings is 1. The molecule has 0 unspecified atom stereocenters. The average molecular weight is 328 g/mol. The van der Waals surface area contributed by atoms with Crippen LogP contribution < -0.4 is 10.6 Å². The Hall–Kier alpha value is -2.05. The van der Waals surface area contributed by atoms with Gasteiger partial charge in [0.1, 0.15) is 5.82 Å². The Morgan fingerprint density at radius 2 is 2.30 bits per heavy atom. The van der Waals surface area contributed by atoms with Gasteiger partial charge in [-0.05, 0) is 50.2 Å². The summed E-state index contributed by atoms with van der Waals surface area (Å²) in [6, 6.07) is 9.92. The number of nitrogens with zero attached hydrogens (tertiary/aromatic N) is 2. The first-order valence-electron chi connectivity index (χ1n) is 7.77. The van der Waals surface area contributed by atoms with E-state index >= 15 is 0 Å². The highest BCUT2D eigenvalue weighted by atomic mass is 32.1. The topological polar surface area (TPSA) is 59.1 Å². The van der Waals surface area contributed by atoms with E-state index < -0.39 is 0 Å². The van der Waals surface area contributed by atoms with E-state index in [0.717, 1.165) is 48.8 Å². The summed E-state index contributed by atoms with van der Waals surface area (Å²) in [6.45, 7) is 3.49. The van der Waals surface area contributed by atoms with Crippen LogP contribution in [-0.4, -0.2) is 34.3 Å². The first-order valence-corrected chi connectivity index (χ1v) is 8.18. The van der Waals surface area contributed by atoms with Gasteiger partial charge in [-0.3, -0.25) is 0 Å². The van der Waals surface area contributed by atoms with Crippen molar-refractivity contribution in [2.45, 2.75) is 25.9 Å². The maximum absolute atomic E-state index is 5.58. The molecular weight excluding hydrogens is 308 g/mol. The Labute approximate surface area is 141 Å². The van der Waals surface area contributed by atoms with Crippen LogP contribution in [0.3, 0.4) is 0 Å². The fourth-order valence-corrected chi connectivity index (χ4v) is 2.76. The Morgan fingerprint density at radius 3 is 3.09 bits per heavy atom. The lowest BCUT2D eigenvalue weighted by Gasteiger charge is -2.14. The fourth-order valence-electron chi connectivity index (χ4n) is 2.56. The number of hydrogen-bond acceptors (Lipinski definition) is 4. The predicted octanol–water partition coefficient (Wildman–Crippen LogP) is 2.92. The average Bonchev–Trinajstić information content (AvgIpc) is 3.07. The van der Waals surface area contributed by atoms with Crippen LogP contribution in [0.4, 0.5) is 5.69 Å². The summed E-state index contributed by atoms with van der Waals surface area (Å²) in [5.74, 6) is 0.759. The lowest BCUT2D eigenvalue weighted by Crippen LogP contribution is -2.34. The van der Waals surface area contributed by atoms with Crippen LogP contribution in [0.1, 0.15) is 18.7 Å². The Morgan fingerprint density at radius 1 is 1.39 bits per heavy atom. The lowest BCUT2D eigenvalue weighted by molar-refractivity contribution is 0.114. The zero-order chi connectivity index (χ0) is 16.1. The standard InChI is InChI=1S/C17H20N4OS/c1-12-18-8-7-16(20-12)13-4-2-5-14(10-13)21-17(23)19-11-15-6-3-9-22-15/h2,4-5,7-8,10,15H,3,6,9,11H2,1H3,(H2,19,21,23)/t15-/m0/s1. The second-order valence-electron chi connectivity index (χ2n) is 5.54. The first kappa shape index (κ1) is 15.8. The summed E-state index contributed by atoms with van der Waals surface area (Å²) >= 11 is 5.35. The fraction of sp³-hybridized carbons (Fsp3) is 0.353. The number of nitrogens with one attached hydrogen (secondary N) is 2. The molecule has 5 nitrogen and oxygen atoms in total. The number of ether oxygens (including phenoxy) is 1. The summed E-state index contributed by atoms with van der Waals surface area (Å²) < 4.78 is 5.58. The van der Waals surface area contributed by atoms with Gasteiger partial charge in [0.25, 0.3) is 0 Å². The SMILES string of the molecule is Cc1nccc(-c2cccc(NC(=S)NC[C@@H]3CCCO3)c2)n1.